The molecular weight excluding hydrogens is 631 g/mol. The average Bonchev–Trinajstić information content (AvgIpc) is 3.53. The molecule has 0 spiro atoms. The molecule has 14 heteroatoms. The summed E-state index contributed by atoms with van der Waals surface area (Å²) in [5.74, 6) is 1.75. The van der Waals surface area contributed by atoms with Gasteiger partial charge in [0.15, 0.2) is 11.0 Å². The van der Waals surface area contributed by atoms with E-state index < -0.39 is 18.4 Å². The van der Waals surface area contributed by atoms with E-state index in [1.54, 1.807) is 31.4 Å². The first kappa shape index (κ1) is 33.3. The van der Waals surface area contributed by atoms with Crippen molar-refractivity contribution in [3.8, 4) is 34.6 Å². The molecule has 1 N–H and O–H groups in total. The van der Waals surface area contributed by atoms with E-state index in [0.29, 0.717) is 33.6 Å². The first-order valence-corrected chi connectivity index (χ1v) is 15.7. The number of thioether (sulfide) groups is 1. The van der Waals surface area contributed by atoms with Crippen molar-refractivity contribution < 1.29 is 27.4 Å². The summed E-state index contributed by atoms with van der Waals surface area (Å²) in [4.78, 5) is 24.0. The number of aliphatic imine (C=N–C) groups is 1. The van der Waals surface area contributed by atoms with Gasteiger partial charge in [-0.3, -0.25) is 0 Å². The van der Waals surface area contributed by atoms with Gasteiger partial charge in [-0.05, 0) is 60.7 Å². The Balaban J connectivity index is 1.30. The Morgan fingerprint density at radius 3 is 2.45 bits per heavy atom. The number of halogens is 3. The van der Waals surface area contributed by atoms with Crippen LogP contribution in [0.3, 0.4) is 0 Å². The molecule has 47 heavy (non-hydrogen) atoms. The number of alkyl halides is 3. The Bertz CT molecular complexity index is 1780. The number of ether oxygens (including phenoxy) is 2. The summed E-state index contributed by atoms with van der Waals surface area (Å²) in [6, 6.07) is 18.6. The third-order valence-corrected chi connectivity index (χ3v) is 8.44. The lowest BCUT2D eigenvalue weighted by molar-refractivity contribution is -0.274. The number of hydrogen-bond acceptors (Lipinski definition) is 7. The number of amidine groups is 1. The van der Waals surface area contributed by atoms with Crippen molar-refractivity contribution in [1.29, 1.82) is 5.26 Å². The molecule has 0 saturated carbocycles. The molecule has 2 unspecified atom stereocenters. The number of rotatable bonds is 8. The molecule has 10 nitrogen and oxygen atoms in total. The third-order valence-electron chi connectivity index (χ3n) is 7.46. The van der Waals surface area contributed by atoms with Crippen molar-refractivity contribution >= 4 is 28.6 Å². The first-order valence-electron chi connectivity index (χ1n) is 14.7. The fourth-order valence-corrected chi connectivity index (χ4v) is 6.27. The lowest BCUT2D eigenvalue weighted by atomic mass is 9.99. The largest absolute Gasteiger partial charge is 0.573 e. The predicted octanol–water partition coefficient (Wildman–Crippen LogP) is 7.63. The monoisotopic (exact) mass is 663 g/mol. The summed E-state index contributed by atoms with van der Waals surface area (Å²) in [5.41, 5.74) is 3.70. The van der Waals surface area contributed by atoms with Gasteiger partial charge < -0.3 is 19.7 Å². The highest BCUT2D eigenvalue weighted by molar-refractivity contribution is 8.14. The minimum Gasteiger partial charge on any atom is -0.497 e. The highest BCUT2D eigenvalue weighted by atomic mass is 32.2. The zero-order chi connectivity index (χ0) is 33.7. The molecular formula is C33H32F3N7O3S. The predicted molar refractivity (Wildman–Crippen MR) is 174 cm³/mol. The molecule has 2 atom stereocenters. The Morgan fingerprint density at radius 2 is 1.81 bits per heavy atom. The molecule has 244 valence electrons. The van der Waals surface area contributed by atoms with Crippen LogP contribution >= 0.6 is 11.8 Å². The van der Waals surface area contributed by atoms with Crippen molar-refractivity contribution in [2.75, 3.05) is 17.8 Å². The van der Waals surface area contributed by atoms with Crippen LogP contribution in [-0.4, -0.2) is 51.2 Å². The Labute approximate surface area is 274 Å². The van der Waals surface area contributed by atoms with Crippen LogP contribution in [0.15, 0.2) is 78.0 Å². The van der Waals surface area contributed by atoms with Gasteiger partial charge in [0, 0.05) is 23.4 Å². The summed E-state index contributed by atoms with van der Waals surface area (Å²) in [6.07, 6.45) is -2.44. The Morgan fingerprint density at radius 1 is 1.11 bits per heavy atom. The number of urea groups is 1. The van der Waals surface area contributed by atoms with Gasteiger partial charge in [0.1, 0.15) is 23.9 Å². The second-order valence-corrected chi connectivity index (χ2v) is 12.1. The zero-order valence-electron chi connectivity index (χ0n) is 26.0. The summed E-state index contributed by atoms with van der Waals surface area (Å²) < 4.78 is 48.2. The lowest BCUT2D eigenvalue weighted by Gasteiger charge is -2.37. The third kappa shape index (κ3) is 8.04. The lowest BCUT2D eigenvalue weighted by Crippen LogP contribution is -2.43. The molecule has 0 aliphatic carbocycles. The maximum Gasteiger partial charge on any atom is 0.573 e. The van der Waals surface area contributed by atoms with E-state index in [4.69, 9.17) is 4.74 Å². The van der Waals surface area contributed by atoms with Crippen LogP contribution in [0.4, 0.5) is 23.7 Å². The van der Waals surface area contributed by atoms with Gasteiger partial charge in [-0.1, -0.05) is 55.9 Å². The number of nitrogens with one attached hydrogen (secondary N) is 1. The van der Waals surface area contributed by atoms with Crippen LogP contribution in [0.1, 0.15) is 50.3 Å². The van der Waals surface area contributed by atoms with Crippen molar-refractivity contribution in [1.82, 2.24) is 20.1 Å². The molecule has 0 bridgehead atoms. The Kier molecular flexibility index (Phi) is 10.0. The topological polar surface area (TPSA) is 118 Å². The van der Waals surface area contributed by atoms with Crippen LogP contribution in [0.5, 0.6) is 11.5 Å². The first-order chi connectivity index (χ1) is 22.5. The van der Waals surface area contributed by atoms with Crippen molar-refractivity contribution in [2.24, 2.45) is 4.99 Å². The van der Waals surface area contributed by atoms with Gasteiger partial charge in [0.2, 0.25) is 0 Å². The number of carbonyl (C=O) groups excluding carboxylic acids is 1. The molecule has 1 aliphatic heterocycles. The minimum absolute atomic E-state index is 0.0894. The number of anilines is 1. The van der Waals surface area contributed by atoms with Crippen LogP contribution in [-0.2, 0) is 0 Å². The number of carbonyl (C=O) groups is 1. The highest BCUT2D eigenvalue weighted by Gasteiger charge is 2.31. The van der Waals surface area contributed by atoms with Gasteiger partial charge in [0.25, 0.3) is 0 Å². The van der Waals surface area contributed by atoms with E-state index in [-0.39, 0.29) is 17.7 Å². The van der Waals surface area contributed by atoms with E-state index in [2.05, 4.69) is 56.9 Å². The highest BCUT2D eigenvalue weighted by Crippen LogP contribution is 2.37. The van der Waals surface area contributed by atoms with Crippen LogP contribution in [0.25, 0.3) is 17.1 Å². The maximum absolute atomic E-state index is 13.2. The second kappa shape index (κ2) is 14.2. The molecule has 4 aromatic rings. The van der Waals surface area contributed by atoms with Gasteiger partial charge >= 0.3 is 12.4 Å². The molecule has 1 fully saturated rings. The molecule has 1 aromatic heterocycles. The molecule has 2 heterocycles. The molecule has 1 saturated heterocycles. The van der Waals surface area contributed by atoms with E-state index in [1.807, 2.05) is 18.2 Å². The summed E-state index contributed by atoms with van der Waals surface area (Å²) in [6.45, 7) is 6.32. The summed E-state index contributed by atoms with van der Waals surface area (Å²) >= 11 is 1.49. The van der Waals surface area contributed by atoms with E-state index >= 15 is 0 Å². The van der Waals surface area contributed by atoms with Gasteiger partial charge in [-0.25, -0.2) is 14.5 Å². The number of benzene rings is 3. The fraction of sp³-hybridized carbons (Fsp3) is 0.303. The molecule has 5 rings (SSSR count). The number of hydrogen-bond donors (Lipinski definition) is 1. The SMILES string of the molecule is COc1ccc(C(C)C)c(N2/C(=N/C(=O)NC(C#N)c3ccc(-c4ncn(-c5ccc(OC(F)(F)F)cc5)n4)cc3)SCCC2C)c1. The van der Waals surface area contributed by atoms with E-state index in [0.717, 1.165) is 23.4 Å². The van der Waals surface area contributed by atoms with E-state index in [1.165, 1.54) is 47.0 Å². The Hall–Kier alpha value is -5.03. The van der Waals surface area contributed by atoms with Crippen LogP contribution in [0, 0.1) is 11.3 Å². The van der Waals surface area contributed by atoms with E-state index in [9.17, 15) is 23.2 Å². The van der Waals surface area contributed by atoms with Crippen molar-refractivity contribution in [3.05, 3.63) is 84.2 Å². The normalized spacial score (nSPS) is 16.5. The quantitative estimate of drug-likeness (QED) is 0.205. The summed E-state index contributed by atoms with van der Waals surface area (Å²) in [7, 11) is 1.62. The van der Waals surface area contributed by atoms with Gasteiger partial charge in [0.05, 0.1) is 24.6 Å². The average molecular weight is 664 g/mol. The van der Waals surface area contributed by atoms with Crippen LogP contribution in [0.2, 0.25) is 0 Å². The van der Waals surface area contributed by atoms with Gasteiger partial charge in [-0.15, -0.1) is 18.3 Å². The fourth-order valence-electron chi connectivity index (χ4n) is 5.06. The molecule has 0 radical (unpaired) electrons. The van der Waals surface area contributed by atoms with Crippen molar-refractivity contribution in [2.45, 2.75) is 51.6 Å². The molecule has 3 aromatic carbocycles. The number of amides is 2. The number of aromatic nitrogens is 3. The second-order valence-electron chi connectivity index (χ2n) is 11.0. The molecule has 1 aliphatic rings. The van der Waals surface area contributed by atoms with Gasteiger partial charge in [-0.2, -0.15) is 10.3 Å². The van der Waals surface area contributed by atoms with Crippen molar-refractivity contribution in [3.63, 3.8) is 0 Å². The smallest absolute Gasteiger partial charge is 0.497 e. The summed E-state index contributed by atoms with van der Waals surface area (Å²) in [5, 5.41) is 17.6. The standard InChI is InChI=1S/C33H32F3N7O3S/c1-20(2)27-14-13-26(45-4)17-29(27)43-21(3)15-16-47-32(43)40-31(44)39-28(18-37)22-5-7-23(8-6-22)30-38-19-42(41-30)24-9-11-25(12-10-24)46-33(34,35)36/h5-14,17,19-21,28H,15-16H2,1-4H3,(H,39,44)/b40-32-. The zero-order valence-corrected chi connectivity index (χ0v) is 26.8. The number of nitrogens with zero attached hydrogens (tertiary/aromatic N) is 6. The minimum atomic E-state index is -4.78. The number of methoxy groups -OCH3 is 1. The number of nitriles is 1. The maximum atomic E-state index is 13.2. The molecule has 2 amide bonds. The van der Waals surface area contributed by atoms with Crippen LogP contribution < -0.4 is 19.7 Å².